The molecule has 2 aromatic rings. The van der Waals surface area contributed by atoms with E-state index in [-0.39, 0.29) is 25.1 Å². The number of nitrogens with two attached hydrogens (primary N) is 1. The minimum Gasteiger partial charge on any atom is -0.466 e. The lowest BCUT2D eigenvalue weighted by Crippen LogP contribution is -2.32. The zero-order chi connectivity index (χ0) is 18.2. The summed E-state index contributed by atoms with van der Waals surface area (Å²) in [5.41, 5.74) is 8.88. The standard InChI is InChI=1S/C20H24FNO3/c1-2-25-20(24)17(13-23)12-19(22)10-14-6-8-15(9-7-14)16-4-3-5-18(21)11-16/h3-9,11,17,19,23H,2,10,12-13,22H2,1H3. The van der Waals surface area contributed by atoms with Gasteiger partial charge in [0.25, 0.3) is 0 Å². The van der Waals surface area contributed by atoms with Crippen molar-refractivity contribution in [1.82, 2.24) is 0 Å². The van der Waals surface area contributed by atoms with Crippen LogP contribution in [0.15, 0.2) is 48.5 Å². The SMILES string of the molecule is CCOC(=O)C(CO)CC(N)Cc1ccc(-c2cccc(F)c2)cc1. The Labute approximate surface area is 147 Å². The summed E-state index contributed by atoms with van der Waals surface area (Å²) in [4.78, 5) is 11.7. The van der Waals surface area contributed by atoms with Crippen LogP contribution in [0, 0.1) is 11.7 Å². The molecule has 2 aromatic carbocycles. The van der Waals surface area contributed by atoms with E-state index in [1.165, 1.54) is 12.1 Å². The van der Waals surface area contributed by atoms with Gasteiger partial charge in [0.15, 0.2) is 0 Å². The minimum atomic E-state index is -0.596. The fourth-order valence-corrected chi connectivity index (χ4v) is 2.76. The molecule has 4 nitrogen and oxygen atoms in total. The molecule has 0 spiro atoms. The van der Waals surface area contributed by atoms with Crippen LogP contribution in [0.2, 0.25) is 0 Å². The second-order valence-electron chi connectivity index (χ2n) is 6.04. The van der Waals surface area contributed by atoms with E-state index >= 15 is 0 Å². The summed E-state index contributed by atoms with van der Waals surface area (Å²) in [5, 5.41) is 9.34. The highest BCUT2D eigenvalue weighted by Crippen LogP contribution is 2.21. The van der Waals surface area contributed by atoms with Crippen molar-refractivity contribution in [2.75, 3.05) is 13.2 Å². The molecule has 0 fully saturated rings. The fourth-order valence-electron chi connectivity index (χ4n) is 2.76. The number of hydrogen-bond donors (Lipinski definition) is 2. The summed E-state index contributed by atoms with van der Waals surface area (Å²) >= 11 is 0. The predicted octanol–water partition coefficient (Wildman–Crippen LogP) is 2.92. The third kappa shape index (κ3) is 5.66. The zero-order valence-electron chi connectivity index (χ0n) is 14.3. The maximum Gasteiger partial charge on any atom is 0.311 e. The summed E-state index contributed by atoms with van der Waals surface area (Å²) in [6.45, 7) is 1.74. The summed E-state index contributed by atoms with van der Waals surface area (Å²) < 4.78 is 18.2. The highest BCUT2D eigenvalue weighted by atomic mass is 19.1. The Morgan fingerprint density at radius 3 is 2.52 bits per heavy atom. The van der Waals surface area contributed by atoms with Crippen LogP contribution in [-0.4, -0.2) is 30.3 Å². The van der Waals surface area contributed by atoms with Gasteiger partial charge in [0.05, 0.1) is 19.1 Å². The Morgan fingerprint density at radius 2 is 1.92 bits per heavy atom. The van der Waals surface area contributed by atoms with E-state index in [0.29, 0.717) is 12.8 Å². The molecule has 5 heteroatoms. The molecular formula is C20H24FNO3. The molecule has 0 bridgehead atoms. The largest absolute Gasteiger partial charge is 0.466 e. The molecular weight excluding hydrogens is 321 g/mol. The van der Waals surface area contributed by atoms with E-state index in [9.17, 15) is 14.3 Å². The monoisotopic (exact) mass is 345 g/mol. The van der Waals surface area contributed by atoms with Crippen molar-refractivity contribution in [1.29, 1.82) is 0 Å². The number of carbonyl (C=O) groups is 1. The van der Waals surface area contributed by atoms with Crippen LogP contribution in [0.5, 0.6) is 0 Å². The number of ether oxygens (including phenoxy) is 1. The van der Waals surface area contributed by atoms with E-state index in [0.717, 1.165) is 16.7 Å². The van der Waals surface area contributed by atoms with Gasteiger partial charge in [-0.15, -0.1) is 0 Å². The number of aliphatic hydroxyl groups is 1. The Morgan fingerprint density at radius 1 is 1.20 bits per heavy atom. The molecule has 0 heterocycles. The first-order valence-corrected chi connectivity index (χ1v) is 8.41. The Balaban J connectivity index is 1.97. The lowest BCUT2D eigenvalue weighted by Gasteiger charge is -2.18. The van der Waals surface area contributed by atoms with Crippen LogP contribution in [0.3, 0.4) is 0 Å². The van der Waals surface area contributed by atoms with Crippen molar-refractivity contribution in [2.24, 2.45) is 11.7 Å². The lowest BCUT2D eigenvalue weighted by molar-refractivity contribution is -0.149. The van der Waals surface area contributed by atoms with Gasteiger partial charge in [-0.1, -0.05) is 36.4 Å². The van der Waals surface area contributed by atoms with Gasteiger partial charge in [-0.05, 0) is 48.6 Å². The highest BCUT2D eigenvalue weighted by molar-refractivity contribution is 5.72. The van der Waals surface area contributed by atoms with Gasteiger partial charge in [0.2, 0.25) is 0 Å². The van der Waals surface area contributed by atoms with Gasteiger partial charge in [-0.3, -0.25) is 4.79 Å². The van der Waals surface area contributed by atoms with Gasteiger partial charge in [-0.25, -0.2) is 4.39 Å². The molecule has 0 radical (unpaired) electrons. The third-order valence-electron chi connectivity index (χ3n) is 4.04. The van der Waals surface area contributed by atoms with E-state index in [1.54, 1.807) is 13.0 Å². The van der Waals surface area contributed by atoms with Crippen LogP contribution in [0.25, 0.3) is 11.1 Å². The Bertz CT molecular complexity index is 688. The predicted molar refractivity (Wildman–Crippen MR) is 95.3 cm³/mol. The molecule has 2 atom stereocenters. The summed E-state index contributed by atoms with van der Waals surface area (Å²) in [6.07, 6.45) is 0.945. The van der Waals surface area contributed by atoms with Gasteiger partial charge in [0, 0.05) is 6.04 Å². The topological polar surface area (TPSA) is 72.5 Å². The fraction of sp³-hybridized carbons (Fsp3) is 0.350. The van der Waals surface area contributed by atoms with Gasteiger partial charge in [0.1, 0.15) is 5.82 Å². The molecule has 3 N–H and O–H groups in total. The highest BCUT2D eigenvalue weighted by Gasteiger charge is 2.22. The summed E-state index contributed by atoms with van der Waals surface area (Å²) in [6, 6.07) is 13.9. The van der Waals surface area contributed by atoms with Crippen molar-refractivity contribution >= 4 is 5.97 Å². The molecule has 0 aliphatic heterocycles. The third-order valence-corrected chi connectivity index (χ3v) is 4.04. The number of esters is 1. The maximum atomic E-state index is 13.3. The quantitative estimate of drug-likeness (QED) is 0.722. The molecule has 0 aromatic heterocycles. The number of rotatable bonds is 8. The van der Waals surface area contributed by atoms with Crippen LogP contribution in [-0.2, 0) is 16.0 Å². The van der Waals surface area contributed by atoms with Crippen molar-refractivity contribution in [2.45, 2.75) is 25.8 Å². The van der Waals surface area contributed by atoms with E-state index in [1.807, 2.05) is 30.3 Å². The molecule has 0 saturated heterocycles. The molecule has 0 amide bonds. The van der Waals surface area contributed by atoms with Crippen molar-refractivity contribution in [3.63, 3.8) is 0 Å². The lowest BCUT2D eigenvalue weighted by atomic mass is 9.95. The van der Waals surface area contributed by atoms with Crippen LogP contribution < -0.4 is 5.73 Å². The van der Waals surface area contributed by atoms with Crippen molar-refractivity contribution < 1.29 is 19.0 Å². The van der Waals surface area contributed by atoms with Crippen molar-refractivity contribution in [3.05, 3.63) is 59.9 Å². The molecule has 25 heavy (non-hydrogen) atoms. The first kappa shape index (κ1) is 19.1. The van der Waals surface area contributed by atoms with Gasteiger partial charge < -0.3 is 15.6 Å². The Hall–Kier alpha value is -2.24. The van der Waals surface area contributed by atoms with Gasteiger partial charge in [-0.2, -0.15) is 0 Å². The molecule has 0 aliphatic rings. The smallest absolute Gasteiger partial charge is 0.311 e. The molecule has 134 valence electrons. The molecule has 2 rings (SSSR count). The average molecular weight is 345 g/mol. The van der Waals surface area contributed by atoms with Crippen LogP contribution in [0.1, 0.15) is 18.9 Å². The maximum absolute atomic E-state index is 13.3. The van der Waals surface area contributed by atoms with Crippen molar-refractivity contribution in [3.8, 4) is 11.1 Å². The molecule has 2 unspecified atom stereocenters. The van der Waals surface area contributed by atoms with E-state index < -0.39 is 11.9 Å². The second-order valence-corrected chi connectivity index (χ2v) is 6.04. The first-order chi connectivity index (χ1) is 12.0. The van der Waals surface area contributed by atoms with E-state index in [2.05, 4.69) is 0 Å². The number of carbonyl (C=O) groups excluding carboxylic acids is 1. The second kappa shape index (κ2) is 9.30. The first-order valence-electron chi connectivity index (χ1n) is 8.41. The van der Waals surface area contributed by atoms with E-state index in [4.69, 9.17) is 10.5 Å². The minimum absolute atomic E-state index is 0.262. The van der Waals surface area contributed by atoms with Crippen LogP contribution in [0.4, 0.5) is 4.39 Å². The number of halogens is 1. The zero-order valence-corrected chi connectivity index (χ0v) is 14.3. The summed E-state index contributed by atoms with van der Waals surface area (Å²) in [7, 11) is 0. The Kier molecular flexibility index (Phi) is 7.10. The number of benzene rings is 2. The van der Waals surface area contributed by atoms with Crippen LogP contribution >= 0.6 is 0 Å². The number of hydrogen-bond acceptors (Lipinski definition) is 4. The summed E-state index contributed by atoms with van der Waals surface area (Å²) in [5.74, 6) is -1.28. The number of aliphatic hydroxyl groups excluding tert-OH is 1. The molecule has 0 saturated carbocycles. The van der Waals surface area contributed by atoms with Gasteiger partial charge >= 0.3 is 5.97 Å². The molecule has 0 aliphatic carbocycles. The normalized spacial score (nSPS) is 13.3. The average Bonchev–Trinajstić information content (AvgIpc) is 2.60.